The van der Waals surface area contributed by atoms with E-state index < -0.39 is 5.97 Å². The van der Waals surface area contributed by atoms with E-state index in [9.17, 15) is 9.59 Å². The van der Waals surface area contributed by atoms with Gasteiger partial charge in [-0.15, -0.1) is 11.8 Å². The van der Waals surface area contributed by atoms with Crippen molar-refractivity contribution in [1.82, 2.24) is 0 Å². The van der Waals surface area contributed by atoms with E-state index in [4.69, 9.17) is 5.11 Å². The summed E-state index contributed by atoms with van der Waals surface area (Å²) in [7, 11) is 0. The van der Waals surface area contributed by atoms with E-state index in [-0.39, 0.29) is 17.3 Å². The molecular formula is C14H18O3S. The first-order valence-corrected chi connectivity index (χ1v) is 7.20. The van der Waals surface area contributed by atoms with Crippen LogP contribution in [0.25, 0.3) is 0 Å². The van der Waals surface area contributed by atoms with Crippen molar-refractivity contribution >= 4 is 23.5 Å². The van der Waals surface area contributed by atoms with E-state index in [0.29, 0.717) is 5.56 Å². The minimum absolute atomic E-state index is 0.0108. The molecule has 1 rings (SSSR count). The first-order valence-electron chi connectivity index (χ1n) is 6.05. The number of aliphatic carboxylic acids is 1. The van der Waals surface area contributed by atoms with E-state index in [0.717, 1.165) is 31.0 Å². The summed E-state index contributed by atoms with van der Waals surface area (Å²) in [4.78, 5) is 22.1. The lowest BCUT2D eigenvalue weighted by molar-refractivity contribution is -0.133. The molecule has 0 aromatic heterocycles. The number of carboxylic acid groups (broad SMARTS) is 1. The SMILES string of the molecule is CCCCc1ccc(C(=O)CSCC(=O)O)cc1. The highest BCUT2D eigenvalue weighted by Crippen LogP contribution is 2.11. The first kappa shape index (κ1) is 14.8. The van der Waals surface area contributed by atoms with Gasteiger partial charge in [-0.2, -0.15) is 0 Å². The fourth-order valence-corrected chi connectivity index (χ4v) is 2.18. The zero-order chi connectivity index (χ0) is 13.4. The summed E-state index contributed by atoms with van der Waals surface area (Å²) >= 11 is 1.13. The highest BCUT2D eigenvalue weighted by atomic mass is 32.2. The molecule has 4 heteroatoms. The molecule has 0 spiro atoms. The molecule has 0 amide bonds. The molecule has 0 atom stereocenters. The summed E-state index contributed by atoms with van der Waals surface area (Å²) in [5, 5.41) is 8.48. The molecule has 98 valence electrons. The van der Waals surface area contributed by atoms with Crippen molar-refractivity contribution in [2.24, 2.45) is 0 Å². The molecule has 0 radical (unpaired) electrons. The molecule has 0 aliphatic carbocycles. The molecule has 0 fully saturated rings. The zero-order valence-electron chi connectivity index (χ0n) is 10.5. The van der Waals surface area contributed by atoms with Crippen LogP contribution in [0.4, 0.5) is 0 Å². The summed E-state index contributed by atoms with van der Waals surface area (Å²) in [6.07, 6.45) is 3.35. The minimum atomic E-state index is -0.886. The Morgan fingerprint density at radius 2 is 1.83 bits per heavy atom. The van der Waals surface area contributed by atoms with Crippen LogP contribution in [0.15, 0.2) is 24.3 Å². The molecule has 1 aromatic carbocycles. The maximum atomic E-state index is 11.7. The van der Waals surface area contributed by atoms with Crippen LogP contribution in [-0.2, 0) is 11.2 Å². The predicted molar refractivity (Wildman–Crippen MR) is 74.3 cm³/mol. The molecule has 0 aliphatic heterocycles. The summed E-state index contributed by atoms with van der Waals surface area (Å²) < 4.78 is 0. The highest BCUT2D eigenvalue weighted by molar-refractivity contribution is 8.00. The Morgan fingerprint density at radius 3 is 2.39 bits per heavy atom. The van der Waals surface area contributed by atoms with E-state index >= 15 is 0 Å². The van der Waals surface area contributed by atoms with Gasteiger partial charge in [0, 0.05) is 5.56 Å². The van der Waals surface area contributed by atoms with Gasteiger partial charge in [-0.25, -0.2) is 0 Å². The van der Waals surface area contributed by atoms with Crippen molar-refractivity contribution in [2.75, 3.05) is 11.5 Å². The highest BCUT2D eigenvalue weighted by Gasteiger charge is 2.07. The van der Waals surface area contributed by atoms with Crippen LogP contribution < -0.4 is 0 Å². The number of carbonyl (C=O) groups is 2. The molecule has 0 unspecified atom stereocenters. The van der Waals surface area contributed by atoms with E-state index in [1.807, 2.05) is 24.3 Å². The van der Waals surface area contributed by atoms with Crippen LogP contribution in [-0.4, -0.2) is 28.4 Å². The van der Waals surface area contributed by atoms with E-state index in [2.05, 4.69) is 6.92 Å². The zero-order valence-corrected chi connectivity index (χ0v) is 11.3. The van der Waals surface area contributed by atoms with Crippen molar-refractivity contribution in [1.29, 1.82) is 0 Å². The van der Waals surface area contributed by atoms with Gasteiger partial charge in [0.15, 0.2) is 5.78 Å². The third-order valence-corrected chi connectivity index (χ3v) is 3.47. The van der Waals surface area contributed by atoms with Gasteiger partial charge in [-0.3, -0.25) is 9.59 Å². The Balaban J connectivity index is 2.46. The van der Waals surface area contributed by atoms with Crippen molar-refractivity contribution < 1.29 is 14.7 Å². The number of thioether (sulfide) groups is 1. The van der Waals surface area contributed by atoms with Crippen LogP contribution in [0.2, 0.25) is 0 Å². The molecule has 0 bridgehead atoms. The van der Waals surface area contributed by atoms with Crippen LogP contribution in [0, 0.1) is 0 Å². The maximum Gasteiger partial charge on any atom is 0.313 e. The van der Waals surface area contributed by atoms with Crippen LogP contribution in [0.5, 0.6) is 0 Å². The number of benzene rings is 1. The standard InChI is InChI=1S/C14H18O3S/c1-2-3-4-11-5-7-12(8-6-11)13(15)9-18-10-14(16)17/h5-8H,2-4,9-10H2,1H3,(H,16,17). The Labute approximate surface area is 112 Å². The van der Waals surface area contributed by atoms with Gasteiger partial charge in [-0.05, 0) is 18.4 Å². The topological polar surface area (TPSA) is 54.4 Å². The van der Waals surface area contributed by atoms with Crippen molar-refractivity contribution in [2.45, 2.75) is 26.2 Å². The number of hydrogen-bond acceptors (Lipinski definition) is 3. The molecule has 18 heavy (non-hydrogen) atoms. The lowest BCUT2D eigenvalue weighted by atomic mass is 10.1. The average Bonchev–Trinajstić information content (AvgIpc) is 2.36. The number of unbranched alkanes of at least 4 members (excludes halogenated alkanes) is 1. The quantitative estimate of drug-likeness (QED) is 0.735. The summed E-state index contributed by atoms with van der Waals surface area (Å²) in [5.74, 6) is -0.702. The molecule has 0 heterocycles. The second-order valence-corrected chi connectivity index (χ2v) is 5.10. The van der Waals surface area contributed by atoms with E-state index in [1.165, 1.54) is 5.56 Å². The van der Waals surface area contributed by atoms with Gasteiger partial charge in [-0.1, -0.05) is 37.6 Å². The number of Topliss-reactive ketones (excluding diaryl/α,β-unsaturated/α-hetero) is 1. The number of carbonyl (C=O) groups excluding carboxylic acids is 1. The smallest absolute Gasteiger partial charge is 0.313 e. The van der Waals surface area contributed by atoms with Gasteiger partial charge in [0.1, 0.15) is 0 Å². The first-order chi connectivity index (χ1) is 8.63. The Kier molecular flexibility index (Phi) is 6.50. The lowest BCUT2D eigenvalue weighted by Crippen LogP contribution is -2.06. The molecule has 1 aromatic rings. The number of carboxylic acids is 1. The number of ketones is 1. The Morgan fingerprint density at radius 1 is 1.17 bits per heavy atom. The van der Waals surface area contributed by atoms with Gasteiger partial charge in [0.05, 0.1) is 11.5 Å². The largest absolute Gasteiger partial charge is 0.481 e. The third kappa shape index (κ3) is 5.36. The van der Waals surface area contributed by atoms with Gasteiger partial charge in [0.25, 0.3) is 0 Å². The predicted octanol–water partition coefficient (Wildman–Crippen LogP) is 3.03. The second kappa shape index (κ2) is 7.93. The minimum Gasteiger partial charge on any atom is -0.481 e. The fourth-order valence-electron chi connectivity index (χ4n) is 1.55. The van der Waals surface area contributed by atoms with E-state index in [1.54, 1.807) is 0 Å². The molecule has 3 nitrogen and oxygen atoms in total. The monoisotopic (exact) mass is 266 g/mol. The van der Waals surface area contributed by atoms with Crippen molar-refractivity contribution in [3.05, 3.63) is 35.4 Å². The summed E-state index contributed by atoms with van der Waals surface area (Å²) in [5.41, 5.74) is 1.90. The van der Waals surface area contributed by atoms with Crippen LogP contribution in [0.1, 0.15) is 35.7 Å². The third-order valence-electron chi connectivity index (χ3n) is 2.55. The van der Waals surface area contributed by atoms with Crippen LogP contribution >= 0.6 is 11.8 Å². The van der Waals surface area contributed by atoms with Gasteiger partial charge in [0.2, 0.25) is 0 Å². The molecule has 1 N–H and O–H groups in total. The maximum absolute atomic E-state index is 11.7. The fraction of sp³-hybridized carbons (Fsp3) is 0.429. The normalized spacial score (nSPS) is 10.3. The molecule has 0 aliphatic rings. The molecule has 0 saturated heterocycles. The van der Waals surface area contributed by atoms with Crippen LogP contribution in [0.3, 0.4) is 0 Å². The average molecular weight is 266 g/mol. The number of hydrogen-bond donors (Lipinski definition) is 1. The number of aryl methyl sites for hydroxylation is 1. The summed E-state index contributed by atoms with van der Waals surface area (Å²) in [6, 6.07) is 7.61. The molecule has 0 saturated carbocycles. The summed E-state index contributed by atoms with van der Waals surface area (Å²) in [6.45, 7) is 2.15. The Bertz CT molecular complexity index is 398. The Hall–Kier alpha value is -1.29. The van der Waals surface area contributed by atoms with Crippen molar-refractivity contribution in [3.8, 4) is 0 Å². The molecular weight excluding hydrogens is 248 g/mol. The number of rotatable bonds is 8. The van der Waals surface area contributed by atoms with Gasteiger partial charge >= 0.3 is 5.97 Å². The second-order valence-electron chi connectivity index (χ2n) is 4.11. The lowest BCUT2D eigenvalue weighted by Gasteiger charge is -2.03. The van der Waals surface area contributed by atoms with Gasteiger partial charge < -0.3 is 5.11 Å². The van der Waals surface area contributed by atoms with Crippen molar-refractivity contribution in [3.63, 3.8) is 0 Å².